The summed E-state index contributed by atoms with van der Waals surface area (Å²) >= 11 is 0. The van der Waals surface area contributed by atoms with Gasteiger partial charge in [0.2, 0.25) is 0 Å². The van der Waals surface area contributed by atoms with Gasteiger partial charge in [0.05, 0.1) is 12.2 Å². The molecule has 2 aliphatic heterocycles. The number of ether oxygens (including phenoxy) is 1. The van der Waals surface area contributed by atoms with Gasteiger partial charge in [-0.2, -0.15) is 0 Å². The first-order valence-electron chi connectivity index (χ1n) is 11.0. The van der Waals surface area contributed by atoms with E-state index in [0.717, 1.165) is 36.3 Å². The molecule has 4 nitrogen and oxygen atoms in total. The van der Waals surface area contributed by atoms with Crippen LogP contribution in [0.5, 0.6) is 0 Å². The molecule has 0 radical (unpaired) electrons. The number of hydrogen-bond acceptors (Lipinski definition) is 4. The van der Waals surface area contributed by atoms with Crippen LogP contribution < -0.4 is 0 Å². The van der Waals surface area contributed by atoms with Gasteiger partial charge in [0.1, 0.15) is 6.10 Å². The second-order valence-corrected chi connectivity index (χ2v) is 17.7. The van der Waals surface area contributed by atoms with Crippen LogP contribution in [0.3, 0.4) is 0 Å². The molecule has 4 atom stereocenters. The monoisotopic (exact) mass is 412 g/mol. The van der Waals surface area contributed by atoms with Gasteiger partial charge in [0, 0.05) is 12.8 Å². The highest BCUT2D eigenvalue weighted by atomic mass is 28.4. The van der Waals surface area contributed by atoms with Gasteiger partial charge < -0.3 is 13.6 Å². The molecule has 2 rings (SSSR count). The molecule has 2 fully saturated rings. The van der Waals surface area contributed by atoms with Crippen LogP contribution in [0.4, 0.5) is 0 Å². The third-order valence-corrected chi connectivity index (χ3v) is 16.7. The molecule has 2 aliphatic rings. The first-order valence-corrected chi connectivity index (χ1v) is 16.1. The van der Waals surface area contributed by atoms with Crippen molar-refractivity contribution < 1.29 is 18.4 Å². The summed E-state index contributed by atoms with van der Waals surface area (Å²) in [5, 5.41) is 0. The number of Topliss-reactive ketones (excluding diaryl/α,β-unsaturated/α-hetero) is 1. The van der Waals surface area contributed by atoms with Gasteiger partial charge in [-0.3, -0.25) is 4.79 Å². The molecule has 0 aromatic carbocycles. The van der Waals surface area contributed by atoms with Crippen molar-refractivity contribution in [2.24, 2.45) is 0 Å². The highest BCUT2D eigenvalue weighted by molar-refractivity contribution is 6.74. The molecule has 2 saturated heterocycles. The highest BCUT2D eigenvalue weighted by Crippen LogP contribution is 2.49. The van der Waals surface area contributed by atoms with Crippen molar-refractivity contribution in [1.29, 1.82) is 0 Å². The van der Waals surface area contributed by atoms with Gasteiger partial charge in [-0.15, -0.1) is 6.58 Å². The maximum Gasteiger partial charge on any atom is 0.192 e. The SMILES string of the molecule is C=CC[C@@]12O[C@@H](CC1=O)[C@H](O[Si](CC)(CC)CC)[C@@H]2O[Si](CC)(CC)CC. The fourth-order valence-corrected chi connectivity index (χ4v) is 10.7. The molecule has 0 unspecified atom stereocenters. The minimum absolute atomic E-state index is 0.106. The van der Waals surface area contributed by atoms with E-state index in [-0.39, 0.29) is 24.1 Å². The summed E-state index contributed by atoms with van der Waals surface area (Å²) in [4.78, 5) is 12.9. The smallest absolute Gasteiger partial charge is 0.192 e. The lowest BCUT2D eigenvalue weighted by Crippen LogP contribution is -2.60. The Morgan fingerprint density at radius 1 is 1.00 bits per heavy atom. The van der Waals surface area contributed by atoms with Crippen molar-refractivity contribution >= 4 is 22.4 Å². The van der Waals surface area contributed by atoms with E-state index in [2.05, 4.69) is 48.1 Å². The zero-order chi connectivity index (χ0) is 20.3. The van der Waals surface area contributed by atoms with E-state index in [1.807, 2.05) is 6.08 Å². The standard InChI is InChI=1S/C21H40O4Si2/c1-8-15-21-18(22)16-17(23-21)19(24-26(9-2,10-3)11-4)20(21)25-27(12-5,13-6)14-7/h8,17,19-20H,1,9-16H2,2-7H3/t17-,19-,20-,21+/m0/s1. The molecule has 6 heteroatoms. The van der Waals surface area contributed by atoms with Crippen LogP contribution >= 0.6 is 0 Å². The van der Waals surface area contributed by atoms with E-state index in [1.54, 1.807) is 0 Å². The van der Waals surface area contributed by atoms with E-state index in [1.165, 1.54) is 0 Å². The van der Waals surface area contributed by atoms with Gasteiger partial charge >= 0.3 is 0 Å². The Kier molecular flexibility index (Phi) is 7.70. The molecular weight excluding hydrogens is 372 g/mol. The normalized spacial score (nSPS) is 30.9. The van der Waals surface area contributed by atoms with Crippen molar-refractivity contribution in [2.75, 3.05) is 0 Å². The summed E-state index contributed by atoms with van der Waals surface area (Å²) in [6.07, 6.45) is 2.26. The van der Waals surface area contributed by atoms with E-state index in [0.29, 0.717) is 12.8 Å². The summed E-state index contributed by atoms with van der Waals surface area (Å²) in [6, 6.07) is 6.46. The maximum absolute atomic E-state index is 12.9. The number of hydrogen-bond donors (Lipinski definition) is 0. The molecule has 0 amide bonds. The minimum atomic E-state index is -1.90. The fourth-order valence-electron chi connectivity index (χ4n) is 4.95. The summed E-state index contributed by atoms with van der Waals surface area (Å²) < 4.78 is 20.2. The quantitative estimate of drug-likeness (QED) is 0.316. The first-order chi connectivity index (χ1) is 12.8. The first kappa shape index (κ1) is 23.0. The number of carbonyl (C=O) groups is 1. The Morgan fingerprint density at radius 3 is 1.93 bits per heavy atom. The second-order valence-electron chi connectivity index (χ2n) is 8.27. The Labute approximate surface area is 168 Å². The van der Waals surface area contributed by atoms with Gasteiger partial charge in [-0.05, 0) is 36.3 Å². The number of fused-ring (bicyclic) bond motifs is 2. The van der Waals surface area contributed by atoms with E-state index in [9.17, 15) is 4.79 Å². The molecule has 0 spiro atoms. The van der Waals surface area contributed by atoms with Crippen LogP contribution in [-0.2, 0) is 18.4 Å². The zero-order valence-electron chi connectivity index (χ0n) is 18.3. The molecule has 0 saturated carbocycles. The molecular formula is C21H40O4Si2. The van der Waals surface area contributed by atoms with Crippen molar-refractivity contribution in [3.8, 4) is 0 Å². The van der Waals surface area contributed by atoms with Gasteiger partial charge in [0.25, 0.3) is 0 Å². The van der Waals surface area contributed by atoms with Crippen LogP contribution in [0.2, 0.25) is 36.3 Å². The fraction of sp³-hybridized carbons (Fsp3) is 0.857. The predicted octanol–water partition coefficient (Wildman–Crippen LogP) is 5.45. The van der Waals surface area contributed by atoms with Crippen molar-refractivity contribution in [3.63, 3.8) is 0 Å². The predicted molar refractivity (Wildman–Crippen MR) is 116 cm³/mol. The van der Waals surface area contributed by atoms with Crippen LogP contribution in [0, 0.1) is 0 Å². The van der Waals surface area contributed by atoms with Crippen LogP contribution in [0.25, 0.3) is 0 Å². The minimum Gasteiger partial charge on any atom is -0.409 e. The molecule has 2 heterocycles. The molecule has 0 aromatic heterocycles. The molecule has 0 aliphatic carbocycles. The number of ketones is 1. The summed E-state index contributed by atoms with van der Waals surface area (Å²) in [7, 11) is -3.73. The molecule has 27 heavy (non-hydrogen) atoms. The summed E-state index contributed by atoms with van der Waals surface area (Å²) in [5.74, 6) is 0.181. The van der Waals surface area contributed by atoms with Crippen molar-refractivity contribution in [1.82, 2.24) is 0 Å². The largest absolute Gasteiger partial charge is 0.409 e. The third-order valence-electron chi connectivity index (χ3n) is 7.42. The van der Waals surface area contributed by atoms with Gasteiger partial charge in [-0.1, -0.05) is 47.6 Å². The lowest BCUT2D eigenvalue weighted by molar-refractivity contribution is -0.138. The molecule has 0 N–H and O–H groups in total. The molecule has 0 aromatic rings. The van der Waals surface area contributed by atoms with Crippen LogP contribution in [0.1, 0.15) is 54.4 Å². The van der Waals surface area contributed by atoms with Crippen LogP contribution in [-0.4, -0.2) is 46.3 Å². The summed E-state index contributed by atoms with van der Waals surface area (Å²) in [5.41, 5.74) is -0.871. The van der Waals surface area contributed by atoms with Crippen molar-refractivity contribution in [3.05, 3.63) is 12.7 Å². The topological polar surface area (TPSA) is 44.8 Å². The van der Waals surface area contributed by atoms with E-state index >= 15 is 0 Å². The number of carbonyl (C=O) groups excluding carboxylic acids is 1. The van der Waals surface area contributed by atoms with Gasteiger partial charge in [0.15, 0.2) is 28.0 Å². The van der Waals surface area contributed by atoms with Gasteiger partial charge in [-0.25, -0.2) is 0 Å². The average Bonchev–Trinajstić information content (AvgIpc) is 3.16. The van der Waals surface area contributed by atoms with Crippen LogP contribution in [0.15, 0.2) is 12.7 Å². The van der Waals surface area contributed by atoms with E-state index < -0.39 is 22.2 Å². The third kappa shape index (κ3) is 3.93. The highest BCUT2D eigenvalue weighted by Gasteiger charge is 2.67. The molecule has 156 valence electrons. The van der Waals surface area contributed by atoms with E-state index in [4.69, 9.17) is 13.6 Å². The average molecular weight is 413 g/mol. The lowest BCUT2D eigenvalue weighted by atomic mass is 9.81. The molecule has 2 bridgehead atoms. The zero-order valence-corrected chi connectivity index (χ0v) is 20.3. The maximum atomic E-state index is 12.9. The Morgan fingerprint density at radius 2 is 1.48 bits per heavy atom. The second kappa shape index (κ2) is 9.03. The Hall–Kier alpha value is -0.276. The number of rotatable bonds is 12. The lowest BCUT2D eigenvalue weighted by Gasteiger charge is -2.43. The Balaban J connectivity index is 2.42. The van der Waals surface area contributed by atoms with Crippen molar-refractivity contribution in [2.45, 2.75) is 115 Å². The summed E-state index contributed by atoms with van der Waals surface area (Å²) in [6.45, 7) is 17.3. The Bertz CT molecular complexity index is 514.